The molecule has 4 amide bonds. The summed E-state index contributed by atoms with van der Waals surface area (Å²) in [7, 11) is 0. The van der Waals surface area contributed by atoms with Crippen molar-refractivity contribution in [3.63, 3.8) is 0 Å². The molecule has 0 unspecified atom stereocenters. The molecule has 0 bridgehead atoms. The molecular formula is C34H39N5O6. The van der Waals surface area contributed by atoms with E-state index in [-0.39, 0.29) is 23.6 Å². The summed E-state index contributed by atoms with van der Waals surface area (Å²) < 4.78 is 11.1. The lowest BCUT2D eigenvalue weighted by molar-refractivity contribution is -0.144. The molecule has 0 saturated carbocycles. The summed E-state index contributed by atoms with van der Waals surface area (Å²) in [6.45, 7) is 2.35. The van der Waals surface area contributed by atoms with Crippen molar-refractivity contribution in [3.8, 4) is 11.3 Å². The number of H-pyrrole nitrogens is 1. The highest BCUT2D eigenvalue weighted by molar-refractivity contribution is 6.00. The first-order valence-corrected chi connectivity index (χ1v) is 16.1. The van der Waals surface area contributed by atoms with Gasteiger partial charge in [-0.25, -0.2) is 0 Å². The van der Waals surface area contributed by atoms with Crippen LogP contribution in [0, 0.1) is 0 Å². The molecule has 3 N–H and O–H groups in total. The molecule has 45 heavy (non-hydrogen) atoms. The molecule has 0 aliphatic carbocycles. The Morgan fingerprint density at radius 1 is 0.667 bits per heavy atom. The maximum Gasteiger partial charge on any atom is 0.252 e. The minimum Gasteiger partial charge on any atom is -0.368 e. The normalized spacial score (nSPS) is 24.8. The van der Waals surface area contributed by atoms with Gasteiger partial charge in [0.1, 0.15) is 24.3 Å². The number of hydrogen-bond acceptors (Lipinski definition) is 6. The van der Waals surface area contributed by atoms with Gasteiger partial charge in [0.05, 0.1) is 0 Å². The molecule has 0 radical (unpaired) electrons. The maximum atomic E-state index is 13.2. The predicted octanol–water partition coefficient (Wildman–Crippen LogP) is 4.05. The van der Waals surface area contributed by atoms with E-state index in [0.29, 0.717) is 63.4 Å². The summed E-state index contributed by atoms with van der Waals surface area (Å²) in [4.78, 5) is 58.9. The van der Waals surface area contributed by atoms with Crippen molar-refractivity contribution in [2.45, 2.75) is 75.7 Å². The Balaban J connectivity index is 0.983. The van der Waals surface area contributed by atoms with E-state index in [1.165, 1.54) is 0 Å². The average Bonchev–Trinajstić information content (AvgIpc) is 3.90. The first-order valence-electron chi connectivity index (χ1n) is 16.1. The highest BCUT2D eigenvalue weighted by atomic mass is 16.5. The fourth-order valence-corrected chi connectivity index (χ4v) is 7.07. The number of aromatic amines is 1. The summed E-state index contributed by atoms with van der Waals surface area (Å²) in [6.07, 6.45) is 5.22. The molecule has 4 aliphatic rings. The van der Waals surface area contributed by atoms with Crippen LogP contribution in [0.3, 0.4) is 0 Å². The lowest BCUT2D eigenvalue weighted by atomic mass is 10.1. The average molecular weight is 614 g/mol. The van der Waals surface area contributed by atoms with Gasteiger partial charge in [0.25, 0.3) is 11.8 Å². The molecule has 4 aliphatic heterocycles. The zero-order valence-electron chi connectivity index (χ0n) is 25.3. The number of ether oxygens (including phenoxy) is 2. The van der Waals surface area contributed by atoms with Crippen LogP contribution < -0.4 is 10.6 Å². The Labute approximate surface area is 261 Å². The van der Waals surface area contributed by atoms with E-state index in [0.717, 1.165) is 47.8 Å². The van der Waals surface area contributed by atoms with E-state index in [1.807, 2.05) is 48.5 Å². The summed E-state index contributed by atoms with van der Waals surface area (Å²) in [5, 5.41) is 6.94. The van der Waals surface area contributed by atoms with E-state index in [4.69, 9.17) is 9.47 Å². The van der Waals surface area contributed by atoms with Gasteiger partial charge >= 0.3 is 0 Å². The van der Waals surface area contributed by atoms with Gasteiger partial charge < -0.3 is 34.9 Å². The van der Waals surface area contributed by atoms with E-state index in [9.17, 15) is 19.2 Å². The Kier molecular flexibility index (Phi) is 8.29. The SMILES string of the molecule is O=C(Nc1ccc(-c2cc3cc(NC(=O)[C@@H]4CCCN4C(=O)[C@@H]4CCCO4)ccc3[nH]2)cc1)[C@@H]1CCCN1C(=O)[C@@H]1CCCO1. The summed E-state index contributed by atoms with van der Waals surface area (Å²) >= 11 is 0. The lowest BCUT2D eigenvalue weighted by Gasteiger charge is -2.26. The van der Waals surface area contributed by atoms with Crippen molar-refractivity contribution >= 4 is 45.9 Å². The molecule has 4 atom stereocenters. The minimum atomic E-state index is -0.489. The minimum absolute atomic E-state index is 0.0768. The first-order chi connectivity index (χ1) is 21.9. The van der Waals surface area contributed by atoms with Crippen LogP contribution in [-0.2, 0) is 28.7 Å². The van der Waals surface area contributed by atoms with Crippen molar-refractivity contribution < 1.29 is 28.7 Å². The maximum absolute atomic E-state index is 13.2. The number of rotatable bonds is 7. The number of aromatic nitrogens is 1. The Morgan fingerprint density at radius 2 is 1.22 bits per heavy atom. The van der Waals surface area contributed by atoms with Gasteiger partial charge in [-0.2, -0.15) is 0 Å². The Hall–Kier alpha value is -4.22. The zero-order chi connectivity index (χ0) is 30.9. The molecule has 11 nitrogen and oxygen atoms in total. The van der Waals surface area contributed by atoms with Crippen molar-refractivity contribution in [2.75, 3.05) is 36.9 Å². The van der Waals surface area contributed by atoms with Crippen LogP contribution in [0.2, 0.25) is 0 Å². The van der Waals surface area contributed by atoms with E-state index < -0.39 is 24.3 Å². The summed E-state index contributed by atoms with van der Waals surface area (Å²) in [6, 6.07) is 14.4. The number of anilines is 2. The fraction of sp³-hybridized carbons (Fsp3) is 0.471. The quantitative estimate of drug-likeness (QED) is 0.368. The molecule has 0 spiro atoms. The van der Waals surface area contributed by atoms with Crippen LogP contribution >= 0.6 is 0 Å². The molecule has 2 aromatic carbocycles. The number of hydrogen-bond donors (Lipinski definition) is 3. The number of fused-ring (bicyclic) bond motifs is 1. The van der Waals surface area contributed by atoms with Gasteiger partial charge in [-0.05, 0) is 93.3 Å². The molecule has 7 rings (SSSR count). The number of carbonyl (C=O) groups excluding carboxylic acids is 4. The van der Waals surface area contributed by atoms with Crippen LogP contribution in [0.25, 0.3) is 22.2 Å². The molecule has 236 valence electrons. The van der Waals surface area contributed by atoms with Crippen LogP contribution in [0.5, 0.6) is 0 Å². The van der Waals surface area contributed by atoms with Crippen LogP contribution in [0.1, 0.15) is 51.4 Å². The second kappa shape index (κ2) is 12.6. The number of benzene rings is 2. The van der Waals surface area contributed by atoms with Gasteiger partial charge in [-0.3, -0.25) is 19.2 Å². The number of nitrogens with one attached hydrogen (secondary N) is 3. The largest absolute Gasteiger partial charge is 0.368 e. The van der Waals surface area contributed by atoms with Gasteiger partial charge in [-0.15, -0.1) is 0 Å². The topological polar surface area (TPSA) is 133 Å². The standard InChI is InChI=1S/C34H39N5O6/c40-31(27-5-1-15-38(27)33(42)29-7-3-17-44-29)35-23-11-9-21(10-12-23)26-20-22-19-24(13-14-25(22)37-26)36-32(41)28-6-2-16-39(28)34(43)30-8-4-18-45-30/h9-14,19-20,27-30,37H,1-8,15-18H2,(H,35,40)(H,36,41)/t27-,28-,29-,30-/m0/s1. The smallest absolute Gasteiger partial charge is 0.252 e. The predicted molar refractivity (Wildman–Crippen MR) is 168 cm³/mol. The van der Waals surface area contributed by atoms with Gasteiger partial charge in [0.2, 0.25) is 11.8 Å². The van der Waals surface area contributed by atoms with Crippen LogP contribution in [0.4, 0.5) is 11.4 Å². The van der Waals surface area contributed by atoms with Crippen molar-refractivity contribution in [3.05, 3.63) is 48.5 Å². The first kappa shape index (κ1) is 29.5. The van der Waals surface area contributed by atoms with Crippen LogP contribution in [-0.4, -0.2) is 89.0 Å². The molecule has 4 fully saturated rings. The van der Waals surface area contributed by atoms with E-state index in [1.54, 1.807) is 9.80 Å². The number of carbonyl (C=O) groups is 4. The molecule has 3 aromatic rings. The van der Waals surface area contributed by atoms with Gasteiger partial charge in [0.15, 0.2) is 0 Å². The monoisotopic (exact) mass is 613 g/mol. The molecule has 11 heteroatoms. The van der Waals surface area contributed by atoms with E-state index in [2.05, 4.69) is 15.6 Å². The second-order valence-corrected chi connectivity index (χ2v) is 12.4. The van der Waals surface area contributed by atoms with E-state index >= 15 is 0 Å². The number of amides is 4. The highest BCUT2D eigenvalue weighted by Crippen LogP contribution is 2.29. The Morgan fingerprint density at radius 3 is 1.78 bits per heavy atom. The van der Waals surface area contributed by atoms with Crippen LogP contribution in [0.15, 0.2) is 48.5 Å². The number of nitrogens with zero attached hydrogens (tertiary/aromatic N) is 2. The van der Waals surface area contributed by atoms with Crippen molar-refractivity contribution in [1.29, 1.82) is 0 Å². The second-order valence-electron chi connectivity index (χ2n) is 12.4. The summed E-state index contributed by atoms with van der Waals surface area (Å²) in [5.74, 6) is -0.508. The zero-order valence-corrected chi connectivity index (χ0v) is 25.3. The van der Waals surface area contributed by atoms with Gasteiger partial charge in [0, 0.05) is 54.3 Å². The molecule has 5 heterocycles. The van der Waals surface area contributed by atoms with Crippen molar-refractivity contribution in [1.82, 2.24) is 14.8 Å². The third-order valence-electron chi connectivity index (χ3n) is 9.44. The molecule has 4 saturated heterocycles. The number of likely N-dealkylation sites (tertiary alicyclic amines) is 2. The molecular weight excluding hydrogens is 574 g/mol. The van der Waals surface area contributed by atoms with Crippen molar-refractivity contribution in [2.24, 2.45) is 0 Å². The lowest BCUT2D eigenvalue weighted by Crippen LogP contribution is -2.47. The van der Waals surface area contributed by atoms with Gasteiger partial charge in [-0.1, -0.05) is 12.1 Å². The third kappa shape index (κ3) is 6.06. The summed E-state index contributed by atoms with van der Waals surface area (Å²) in [5.41, 5.74) is 4.11. The Bertz CT molecular complexity index is 1590. The highest BCUT2D eigenvalue weighted by Gasteiger charge is 2.39. The third-order valence-corrected chi connectivity index (χ3v) is 9.44. The molecule has 1 aromatic heterocycles. The fourth-order valence-electron chi connectivity index (χ4n) is 7.07.